The molecule has 8 nitrogen and oxygen atoms in total. The zero-order valence-corrected chi connectivity index (χ0v) is 22.9. The lowest BCUT2D eigenvalue weighted by molar-refractivity contribution is 0.0155. The number of pyridine rings is 1. The Balaban J connectivity index is 1.32. The van der Waals surface area contributed by atoms with Gasteiger partial charge in [0.05, 0.1) is 18.9 Å². The fraction of sp³-hybridized carbons (Fsp3) is 0.355. The average molecular weight is 527 g/mol. The van der Waals surface area contributed by atoms with Gasteiger partial charge in [-0.05, 0) is 41.7 Å². The number of hydrogen-bond acceptors (Lipinski definition) is 7. The maximum atomic E-state index is 11.3. The van der Waals surface area contributed by atoms with E-state index < -0.39 is 6.23 Å². The summed E-state index contributed by atoms with van der Waals surface area (Å²) in [5.41, 5.74) is 13.6. The van der Waals surface area contributed by atoms with Crippen molar-refractivity contribution >= 4 is 5.82 Å². The standard InChI is InChI=1S/C31H38N6O2/c1-4-24-12-23(11-10-21(24)2)20-39-29-19-37(16-22-8-6-5-7-9-22)18-28(29)35-31(38)27-13-25(14-33-30(27)32)26-15-34-36(3)17-26/h5-15,17,28-29,31,35,38H,4,16,18-20H2,1-3H3,(H2,32,33)/t28?,29-,31?/m0/s1. The maximum Gasteiger partial charge on any atom is 0.135 e. The second-order valence-corrected chi connectivity index (χ2v) is 10.4. The van der Waals surface area contributed by atoms with E-state index in [1.54, 1.807) is 17.1 Å². The molecule has 3 heterocycles. The molecule has 39 heavy (non-hydrogen) atoms. The fourth-order valence-corrected chi connectivity index (χ4v) is 5.28. The van der Waals surface area contributed by atoms with Crippen LogP contribution < -0.4 is 11.1 Å². The summed E-state index contributed by atoms with van der Waals surface area (Å²) in [6.45, 7) is 7.16. The molecule has 3 atom stereocenters. The number of aromatic nitrogens is 3. The zero-order chi connectivity index (χ0) is 27.4. The quantitative estimate of drug-likeness (QED) is 0.269. The van der Waals surface area contributed by atoms with Crippen LogP contribution in [-0.2, 0) is 31.4 Å². The Bertz CT molecular complexity index is 1390. The number of nitrogens with one attached hydrogen (secondary N) is 1. The van der Waals surface area contributed by atoms with E-state index in [2.05, 4.69) is 76.6 Å². The molecule has 2 aromatic carbocycles. The number of anilines is 1. The van der Waals surface area contributed by atoms with Crippen molar-refractivity contribution in [1.82, 2.24) is 25.0 Å². The highest BCUT2D eigenvalue weighted by Gasteiger charge is 2.35. The van der Waals surface area contributed by atoms with Crippen LogP contribution in [0.4, 0.5) is 5.82 Å². The lowest BCUT2D eigenvalue weighted by atomic mass is 10.0. The molecule has 0 radical (unpaired) electrons. The van der Waals surface area contributed by atoms with E-state index in [-0.39, 0.29) is 12.1 Å². The molecule has 1 aliphatic heterocycles. The third-order valence-corrected chi connectivity index (χ3v) is 7.50. The van der Waals surface area contributed by atoms with Crippen molar-refractivity contribution in [1.29, 1.82) is 0 Å². The van der Waals surface area contributed by atoms with Crippen molar-refractivity contribution < 1.29 is 9.84 Å². The van der Waals surface area contributed by atoms with E-state index in [0.717, 1.165) is 42.7 Å². The normalized spacial score (nSPS) is 18.5. The molecule has 1 saturated heterocycles. The number of rotatable bonds is 10. The molecule has 4 aromatic rings. The predicted molar refractivity (Wildman–Crippen MR) is 154 cm³/mol. The van der Waals surface area contributed by atoms with Crippen molar-refractivity contribution in [3.8, 4) is 11.1 Å². The van der Waals surface area contributed by atoms with Gasteiger partial charge in [-0.1, -0.05) is 55.5 Å². The first-order valence-electron chi connectivity index (χ1n) is 13.5. The van der Waals surface area contributed by atoms with Gasteiger partial charge in [0.1, 0.15) is 12.0 Å². The van der Waals surface area contributed by atoms with E-state index >= 15 is 0 Å². The Hall–Kier alpha value is -3.56. The summed E-state index contributed by atoms with van der Waals surface area (Å²) in [6.07, 6.45) is 5.29. The van der Waals surface area contributed by atoms with Crippen molar-refractivity contribution in [3.05, 3.63) is 101 Å². The molecule has 0 amide bonds. The Morgan fingerprint density at radius 2 is 1.90 bits per heavy atom. The number of nitrogen functional groups attached to an aromatic ring is 1. The zero-order valence-electron chi connectivity index (χ0n) is 22.9. The minimum atomic E-state index is -0.993. The first-order chi connectivity index (χ1) is 18.9. The van der Waals surface area contributed by atoms with Crippen molar-refractivity contribution in [2.75, 3.05) is 18.8 Å². The highest BCUT2D eigenvalue weighted by atomic mass is 16.5. The van der Waals surface area contributed by atoms with Crippen LogP contribution in [0.2, 0.25) is 0 Å². The van der Waals surface area contributed by atoms with E-state index in [1.165, 1.54) is 16.7 Å². The average Bonchev–Trinajstić information content (AvgIpc) is 3.54. The molecule has 204 valence electrons. The number of aliphatic hydroxyl groups is 1. The third-order valence-electron chi connectivity index (χ3n) is 7.50. The van der Waals surface area contributed by atoms with Gasteiger partial charge >= 0.3 is 0 Å². The number of aliphatic hydroxyl groups excluding tert-OH is 1. The largest absolute Gasteiger partial charge is 0.383 e. The summed E-state index contributed by atoms with van der Waals surface area (Å²) in [4.78, 5) is 6.71. The SMILES string of the molecule is CCc1cc(CO[C@H]2CN(Cc3ccccc3)CC2NC(O)c2cc(-c3cnn(C)c3)cnc2N)ccc1C. The molecule has 1 fully saturated rings. The Kier molecular flexibility index (Phi) is 8.38. The maximum absolute atomic E-state index is 11.3. The highest BCUT2D eigenvalue weighted by molar-refractivity contribution is 5.64. The van der Waals surface area contributed by atoms with Gasteiger partial charge in [-0.15, -0.1) is 0 Å². The third kappa shape index (κ3) is 6.54. The molecular formula is C31H38N6O2. The van der Waals surface area contributed by atoms with Gasteiger partial charge in [0.25, 0.3) is 0 Å². The molecule has 1 aliphatic rings. The number of aryl methyl sites for hydroxylation is 3. The van der Waals surface area contributed by atoms with E-state index in [4.69, 9.17) is 10.5 Å². The summed E-state index contributed by atoms with van der Waals surface area (Å²) >= 11 is 0. The van der Waals surface area contributed by atoms with Gasteiger partial charge in [0, 0.05) is 61.8 Å². The minimum Gasteiger partial charge on any atom is -0.383 e. The first-order valence-corrected chi connectivity index (χ1v) is 13.5. The fourth-order valence-electron chi connectivity index (χ4n) is 5.28. The Morgan fingerprint density at radius 3 is 2.64 bits per heavy atom. The summed E-state index contributed by atoms with van der Waals surface area (Å²) in [7, 11) is 1.87. The number of benzene rings is 2. The van der Waals surface area contributed by atoms with Gasteiger partial charge in [0.15, 0.2) is 0 Å². The van der Waals surface area contributed by atoms with Crippen molar-refractivity contribution in [3.63, 3.8) is 0 Å². The summed E-state index contributed by atoms with van der Waals surface area (Å²) in [5.74, 6) is 0.297. The van der Waals surface area contributed by atoms with Crippen LogP contribution in [0.5, 0.6) is 0 Å². The van der Waals surface area contributed by atoms with Gasteiger partial charge < -0.3 is 15.6 Å². The number of ether oxygens (including phenoxy) is 1. The summed E-state index contributed by atoms with van der Waals surface area (Å²) < 4.78 is 8.23. The van der Waals surface area contributed by atoms with Gasteiger partial charge in [-0.3, -0.25) is 14.9 Å². The van der Waals surface area contributed by atoms with Crippen LogP contribution in [0.15, 0.2) is 73.2 Å². The number of nitrogens with two attached hydrogens (primary N) is 1. The molecule has 2 aromatic heterocycles. The molecule has 0 bridgehead atoms. The van der Waals surface area contributed by atoms with Crippen LogP contribution >= 0.6 is 0 Å². The summed E-state index contributed by atoms with van der Waals surface area (Å²) in [5, 5.41) is 18.9. The van der Waals surface area contributed by atoms with Crippen molar-refractivity contribution in [2.24, 2.45) is 7.05 Å². The topological polar surface area (TPSA) is 101 Å². The Labute approximate surface area is 230 Å². The summed E-state index contributed by atoms with van der Waals surface area (Å²) in [6, 6.07) is 18.8. The minimum absolute atomic E-state index is 0.0961. The van der Waals surface area contributed by atoms with Gasteiger partial charge in [-0.2, -0.15) is 5.10 Å². The van der Waals surface area contributed by atoms with Crippen LogP contribution in [0.25, 0.3) is 11.1 Å². The number of nitrogens with zero attached hydrogens (tertiary/aromatic N) is 4. The second kappa shape index (κ2) is 12.1. The lowest BCUT2D eigenvalue weighted by Gasteiger charge is -2.25. The van der Waals surface area contributed by atoms with Crippen LogP contribution in [0.3, 0.4) is 0 Å². The predicted octanol–water partition coefficient (Wildman–Crippen LogP) is 3.99. The molecule has 2 unspecified atom stereocenters. The second-order valence-electron chi connectivity index (χ2n) is 10.4. The van der Waals surface area contributed by atoms with Crippen LogP contribution in [0.1, 0.15) is 41.0 Å². The first kappa shape index (κ1) is 27.0. The molecule has 5 rings (SSSR count). The molecule has 0 saturated carbocycles. The lowest BCUT2D eigenvalue weighted by Crippen LogP contribution is -2.42. The van der Waals surface area contributed by atoms with Gasteiger partial charge in [0.2, 0.25) is 0 Å². The molecular weight excluding hydrogens is 488 g/mol. The number of hydrogen-bond donors (Lipinski definition) is 3. The number of likely N-dealkylation sites (tertiary alicyclic amines) is 1. The molecule has 0 aliphatic carbocycles. The monoisotopic (exact) mass is 526 g/mol. The smallest absolute Gasteiger partial charge is 0.135 e. The van der Waals surface area contributed by atoms with E-state index in [0.29, 0.717) is 18.0 Å². The van der Waals surface area contributed by atoms with E-state index in [1.807, 2.05) is 25.4 Å². The van der Waals surface area contributed by atoms with Crippen LogP contribution in [-0.4, -0.2) is 50.0 Å². The Morgan fingerprint density at radius 1 is 1.08 bits per heavy atom. The highest BCUT2D eigenvalue weighted by Crippen LogP contribution is 2.27. The molecule has 0 spiro atoms. The van der Waals surface area contributed by atoms with E-state index in [9.17, 15) is 5.11 Å². The van der Waals surface area contributed by atoms with Crippen LogP contribution in [0, 0.1) is 6.92 Å². The molecule has 8 heteroatoms. The van der Waals surface area contributed by atoms with Crippen molar-refractivity contribution in [2.45, 2.75) is 51.8 Å². The molecule has 4 N–H and O–H groups in total. The van der Waals surface area contributed by atoms with Gasteiger partial charge in [-0.25, -0.2) is 4.98 Å².